The minimum atomic E-state index is -4.42. The number of ether oxygens (including phenoxy) is 1. The van der Waals surface area contributed by atoms with E-state index in [1.54, 1.807) is 49.6 Å². The molecular weight excluding hydrogens is 343 g/mol. The predicted octanol–water partition coefficient (Wildman–Crippen LogP) is 4.59. The van der Waals surface area contributed by atoms with E-state index in [9.17, 15) is 18.0 Å². The van der Waals surface area contributed by atoms with Crippen molar-refractivity contribution in [3.63, 3.8) is 0 Å². The van der Waals surface area contributed by atoms with Crippen molar-refractivity contribution in [1.82, 2.24) is 4.57 Å². The molecule has 0 radical (unpaired) electrons. The number of rotatable bonds is 4. The zero-order valence-corrected chi connectivity index (χ0v) is 14.0. The summed E-state index contributed by atoms with van der Waals surface area (Å²) in [5.74, 6) is 0.677. The molecule has 3 aromatic rings. The summed E-state index contributed by atoms with van der Waals surface area (Å²) >= 11 is 0. The molecule has 0 bridgehead atoms. The molecule has 0 aliphatic heterocycles. The summed E-state index contributed by atoms with van der Waals surface area (Å²) < 4.78 is 45.3. The van der Waals surface area contributed by atoms with Crippen LogP contribution in [0.4, 0.5) is 13.2 Å². The van der Waals surface area contributed by atoms with Crippen molar-refractivity contribution in [1.29, 1.82) is 0 Å². The molecule has 1 heterocycles. The van der Waals surface area contributed by atoms with Gasteiger partial charge in [-0.15, -0.1) is 0 Å². The van der Waals surface area contributed by atoms with E-state index >= 15 is 0 Å². The SMILES string of the molecule is COc1ccc(-c2cccc(=O)n2Cc2cccc(C(F)(F)F)c2)cc1. The predicted molar refractivity (Wildman–Crippen MR) is 93.2 cm³/mol. The molecule has 0 amide bonds. The molecular formula is C20H16F3NO2. The minimum absolute atomic E-state index is 0.0466. The first-order chi connectivity index (χ1) is 12.4. The van der Waals surface area contributed by atoms with Crippen LogP contribution in [0.15, 0.2) is 71.5 Å². The number of benzene rings is 2. The van der Waals surface area contributed by atoms with Crippen LogP contribution in [0.2, 0.25) is 0 Å². The van der Waals surface area contributed by atoms with Crippen LogP contribution >= 0.6 is 0 Å². The van der Waals surface area contributed by atoms with E-state index in [2.05, 4.69) is 0 Å². The van der Waals surface area contributed by atoms with E-state index in [0.29, 0.717) is 17.0 Å². The third kappa shape index (κ3) is 3.79. The van der Waals surface area contributed by atoms with E-state index in [0.717, 1.165) is 17.7 Å². The van der Waals surface area contributed by atoms with E-state index < -0.39 is 11.7 Å². The van der Waals surface area contributed by atoms with Gasteiger partial charge in [0.25, 0.3) is 5.56 Å². The van der Waals surface area contributed by atoms with Gasteiger partial charge in [-0.1, -0.05) is 18.2 Å². The Morgan fingerprint density at radius 2 is 1.65 bits per heavy atom. The van der Waals surface area contributed by atoms with Crippen LogP contribution in [0, 0.1) is 0 Å². The second-order valence-electron chi connectivity index (χ2n) is 5.76. The van der Waals surface area contributed by atoms with Crippen molar-refractivity contribution < 1.29 is 17.9 Å². The summed E-state index contributed by atoms with van der Waals surface area (Å²) in [6, 6.07) is 16.9. The Labute approximate surface area is 148 Å². The number of nitrogens with zero attached hydrogens (tertiary/aromatic N) is 1. The van der Waals surface area contributed by atoms with Gasteiger partial charge in [-0.25, -0.2) is 0 Å². The lowest BCUT2D eigenvalue weighted by atomic mass is 10.1. The lowest BCUT2D eigenvalue weighted by Crippen LogP contribution is -2.21. The summed E-state index contributed by atoms with van der Waals surface area (Å²) in [7, 11) is 1.56. The van der Waals surface area contributed by atoms with Crippen molar-refractivity contribution in [2.24, 2.45) is 0 Å². The van der Waals surface area contributed by atoms with Crippen molar-refractivity contribution in [2.75, 3.05) is 7.11 Å². The molecule has 0 aliphatic rings. The topological polar surface area (TPSA) is 31.2 Å². The second kappa shape index (κ2) is 7.07. The third-order valence-electron chi connectivity index (χ3n) is 4.03. The van der Waals surface area contributed by atoms with Gasteiger partial charge in [-0.2, -0.15) is 13.2 Å². The Kier molecular flexibility index (Phi) is 4.84. The number of methoxy groups -OCH3 is 1. The fourth-order valence-electron chi connectivity index (χ4n) is 2.73. The molecule has 134 valence electrons. The molecule has 0 saturated heterocycles. The lowest BCUT2D eigenvalue weighted by Gasteiger charge is -2.14. The first-order valence-corrected chi connectivity index (χ1v) is 7.89. The highest BCUT2D eigenvalue weighted by atomic mass is 19.4. The van der Waals surface area contributed by atoms with Crippen molar-refractivity contribution in [2.45, 2.75) is 12.7 Å². The van der Waals surface area contributed by atoms with E-state index in [1.807, 2.05) is 0 Å². The molecule has 0 spiro atoms. The first kappa shape index (κ1) is 17.8. The average molecular weight is 359 g/mol. The van der Waals surface area contributed by atoms with Crippen molar-refractivity contribution >= 4 is 0 Å². The molecule has 0 N–H and O–H groups in total. The molecule has 0 unspecified atom stereocenters. The summed E-state index contributed by atoms with van der Waals surface area (Å²) in [5.41, 5.74) is 0.789. The first-order valence-electron chi connectivity index (χ1n) is 7.89. The monoisotopic (exact) mass is 359 g/mol. The maximum atomic E-state index is 12.9. The van der Waals surface area contributed by atoms with Gasteiger partial charge in [0.1, 0.15) is 5.75 Å². The minimum Gasteiger partial charge on any atom is -0.497 e. The molecule has 3 rings (SSSR count). The highest BCUT2D eigenvalue weighted by Crippen LogP contribution is 2.30. The van der Waals surface area contributed by atoms with E-state index in [-0.39, 0.29) is 12.1 Å². The van der Waals surface area contributed by atoms with Gasteiger partial charge in [-0.05, 0) is 53.6 Å². The Morgan fingerprint density at radius 1 is 0.962 bits per heavy atom. The van der Waals surface area contributed by atoms with Crippen LogP contribution in [0.3, 0.4) is 0 Å². The molecule has 2 aromatic carbocycles. The van der Waals surface area contributed by atoms with E-state index in [4.69, 9.17) is 4.74 Å². The van der Waals surface area contributed by atoms with Gasteiger partial charge < -0.3 is 9.30 Å². The molecule has 0 fully saturated rings. The zero-order valence-electron chi connectivity index (χ0n) is 14.0. The molecule has 0 aliphatic carbocycles. The largest absolute Gasteiger partial charge is 0.497 e. The maximum Gasteiger partial charge on any atom is 0.416 e. The number of pyridine rings is 1. The van der Waals surface area contributed by atoms with Crippen LogP contribution in [0.5, 0.6) is 5.75 Å². The van der Waals surface area contributed by atoms with Crippen LogP contribution in [0.1, 0.15) is 11.1 Å². The number of aromatic nitrogens is 1. The summed E-state index contributed by atoms with van der Waals surface area (Å²) in [5, 5.41) is 0. The van der Waals surface area contributed by atoms with Gasteiger partial charge in [-0.3, -0.25) is 4.79 Å². The lowest BCUT2D eigenvalue weighted by molar-refractivity contribution is -0.137. The van der Waals surface area contributed by atoms with E-state index in [1.165, 1.54) is 16.7 Å². The van der Waals surface area contributed by atoms with Crippen LogP contribution in [-0.2, 0) is 12.7 Å². The average Bonchev–Trinajstić information content (AvgIpc) is 2.63. The third-order valence-corrected chi connectivity index (χ3v) is 4.03. The molecule has 0 atom stereocenters. The Balaban J connectivity index is 2.02. The Morgan fingerprint density at radius 3 is 2.31 bits per heavy atom. The van der Waals surface area contributed by atoms with Gasteiger partial charge in [0.15, 0.2) is 0 Å². The summed E-state index contributed by atoms with van der Waals surface area (Å²) in [4.78, 5) is 12.3. The standard InChI is InChI=1S/C20H16F3NO2/c1-26-17-10-8-15(9-11-17)18-6-3-7-19(25)24(18)13-14-4-2-5-16(12-14)20(21,22)23/h2-12H,13H2,1H3. The summed E-state index contributed by atoms with van der Waals surface area (Å²) in [6.07, 6.45) is -4.42. The van der Waals surface area contributed by atoms with Gasteiger partial charge in [0.2, 0.25) is 0 Å². The zero-order chi connectivity index (χ0) is 18.7. The molecule has 1 aromatic heterocycles. The van der Waals surface area contributed by atoms with Gasteiger partial charge in [0, 0.05) is 6.07 Å². The molecule has 26 heavy (non-hydrogen) atoms. The van der Waals surface area contributed by atoms with Crippen LogP contribution < -0.4 is 10.3 Å². The highest BCUT2D eigenvalue weighted by Gasteiger charge is 2.30. The van der Waals surface area contributed by atoms with Crippen molar-refractivity contribution in [3.05, 3.63) is 88.2 Å². The second-order valence-corrected chi connectivity index (χ2v) is 5.76. The quantitative estimate of drug-likeness (QED) is 0.682. The number of hydrogen-bond donors (Lipinski definition) is 0. The number of hydrogen-bond acceptors (Lipinski definition) is 2. The molecule has 0 saturated carbocycles. The Bertz CT molecular complexity index is 960. The number of halogens is 3. The smallest absolute Gasteiger partial charge is 0.416 e. The van der Waals surface area contributed by atoms with Gasteiger partial charge in [0.05, 0.1) is 24.9 Å². The molecule has 6 heteroatoms. The summed E-state index contributed by atoms with van der Waals surface area (Å²) in [6.45, 7) is 0.0466. The van der Waals surface area contributed by atoms with Gasteiger partial charge >= 0.3 is 6.18 Å². The fraction of sp³-hybridized carbons (Fsp3) is 0.150. The van der Waals surface area contributed by atoms with Crippen molar-refractivity contribution in [3.8, 4) is 17.0 Å². The van der Waals surface area contributed by atoms with Crippen LogP contribution in [0.25, 0.3) is 11.3 Å². The Hall–Kier alpha value is -3.02. The highest BCUT2D eigenvalue weighted by molar-refractivity contribution is 5.60. The fourth-order valence-corrected chi connectivity index (χ4v) is 2.73. The van der Waals surface area contributed by atoms with Crippen LogP contribution in [-0.4, -0.2) is 11.7 Å². The normalized spacial score (nSPS) is 11.4. The maximum absolute atomic E-state index is 12.9. The number of alkyl halides is 3. The molecule has 3 nitrogen and oxygen atoms in total.